The summed E-state index contributed by atoms with van der Waals surface area (Å²) in [7, 11) is 0. The van der Waals surface area contributed by atoms with Gasteiger partial charge < -0.3 is 30.4 Å². The number of amides is 1. The van der Waals surface area contributed by atoms with Gasteiger partial charge in [-0.25, -0.2) is 0 Å². The number of aryl methyl sites for hydroxylation is 1. The van der Waals surface area contributed by atoms with Gasteiger partial charge in [0.25, 0.3) is 5.09 Å². The molecule has 0 aliphatic carbocycles. The van der Waals surface area contributed by atoms with Gasteiger partial charge in [0.1, 0.15) is 24.2 Å². The number of aliphatic hydroxyl groups is 1. The van der Waals surface area contributed by atoms with Gasteiger partial charge in [-0.05, 0) is 50.5 Å². The number of thiol groups is 1. The molecule has 0 saturated heterocycles. The predicted molar refractivity (Wildman–Crippen MR) is 112 cm³/mol. The Morgan fingerprint density at radius 2 is 1.97 bits per heavy atom. The van der Waals surface area contributed by atoms with Crippen LogP contribution in [0.4, 0.5) is 0 Å². The van der Waals surface area contributed by atoms with Gasteiger partial charge in [-0.3, -0.25) is 4.79 Å². The summed E-state index contributed by atoms with van der Waals surface area (Å²) in [5, 5.41) is 33.9. The summed E-state index contributed by atoms with van der Waals surface area (Å²) >= 11 is 3.86. The van der Waals surface area contributed by atoms with Crippen molar-refractivity contribution < 1.29 is 29.7 Å². The lowest BCUT2D eigenvalue weighted by Gasteiger charge is -2.17. The van der Waals surface area contributed by atoms with Crippen LogP contribution < -0.4 is 15.4 Å². The highest BCUT2D eigenvalue weighted by Crippen LogP contribution is 2.31. The van der Waals surface area contributed by atoms with Crippen LogP contribution in [0.15, 0.2) is 6.07 Å². The molecule has 0 heterocycles. The van der Waals surface area contributed by atoms with Gasteiger partial charge in [-0.2, -0.15) is 12.6 Å². The molecular formula is C18H31N3O7S. The Balaban J connectivity index is 0.00000113. The van der Waals surface area contributed by atoms with Crippen molar-refractivity contribution in [2.75, 3.05) is 38.6 Å². The van der Waals surface area contributed by atoms with Crippen LogP contribution in [0.25, 0.3) is 0 Å². The van der Waals surface area contributed by atoms with Gasteiger partial charge >= 0.3 is 0 Å². The Kier molecular flexibility index (Phi) is 13.6. The molecule has 0 fully saturated rings. The lowest BCUT2D eigenvalue weighted by molar-refractivity contribution is -0.756. The number of hydrogen-bond acceptors (Lipinski definition) is 9. The molecule has 1 aromatic carbocycles. The molecule has 0 spiro atoms. The molecule has 10 nitrogen and oxygen atoms in total. The fourth-order valence-electron chi connectivity index (χ4n) is 2.15. The number of carbonyl (C=O) groups excluding carboxylic acids is 1. The van der Waals surface area contributed by atoms with E-state index in [4.69, 9.17) is 4.74 Å². The number of phenols is 1. The van der Waals surface area contributed by atoms with Gasteiger partial charge in [0, 0.05) is 19.6 Å². The highest BCUT2D eigenvalue weighted by molar-refractivity contribution is 7.81. The minimum atomic E-state index is -0.819. The predicted octanol–water partition coefficient (Wildman–Crippen LogP) is 0.907. The monoisotopic (exact) mass is 433 g/mol. The van der Waals surface area contributed by atoms with E-state index in [9.17, 15) is 25.1 Å². The Morgan fingerprint density at radius 3 is 2.48 bits per heavy atom. The van der Waals surface area contributed by atoms with Gasteiger partial charge in [-0.15, -0.1) is 10.1 Å². The van der Waals surface area contributed by atoms with Crippen LogP contribution in [0.1, 0.15) is 23.6 Å². The van der Waals surface area contributed by atoms with Crippen LogP contribution >= 0.6 is 12.6 Å². The summed E-state index contributed by atoms with van der Waals surface area (Å²) < 4.78 is 5.65. The Labute approximate surface area is 176 Å². The maximum atomic E-state index is 11.0. The van der Waals surface area contributed by atoms with Crippen LogP contribution in [-0.2, 0) is 9.63 Å². The largest absolute Gasteiger partial charge is 0.507 e. The molecule has 29 heavy (non-hydrogen) atoms. The number of nitrogens with zero attached hydrogens (tertiary/aromatic N) is 1. The normalized spacial score (nSPS) is 11.1. The Hall–Kier alpha value is -2.24. The molecule has 0 aromatic heterocycles. The van der Waals surface area contributed by atoms with Crippen molar-refractivity contribution in [3.05, 3.63) is 32.9 Å². The number of benzene rings is 1. The molecule has 4 N–H and O–H groups in total. The van der Waals surface area contributed by atoms with Gasteiger partial charge in [0.05, 0.1) is 12.4 Å². The number of nitrogens with one attached hydrogen (secondary N) is 2. The maximum absolute atomic E-state index is 11.0. The van der Waals surface area contributed by atoms with Crippen LogP contribution in [-0.4, -0.2) is 65.9 Å². The highest BCUT2D eigenvalue weighted by Gasteiger charge is 2.12. The second-order valence-corrected chi connectivity index (χ2v) is 6.42. The summed E-state index contributed by atoms with van der Waals surface area (Å²) in [6.07, 6.45) is -0.663. The van der Waals surface area contributed by atoms with E-state index in [-0.39, 0.29) is 30.6 Å². The van der Waals surface area contributed by atoms with Gasteiger partial charge in [0.15, 0.2) is 0 Å². The second-order valence-electron chi connectivity index (χ2n) is 6.11. The second kappa shape index (κ2) is 14.7. The number of aromatic hydroxyl groups is 1. The number of rotatable bonds is 11. The standard InChI is InChI=1S/C16H26N2O4S.C2H5NO3/c1-10-6-14(11(2)12(3)16(10)21)22-8-13(19)7-17-4-5-18-15(20)9-23;1-2-6-3(4)5/h6,13,17,19,21,23H,4-5,7-9H2,1-3H3,(H,18,20);2H2,1H3. The topological polar surface area (TPSA) is 143 Å². The SMILES string of the molecule is CCO[N+](=O)[O-].Cc1cc(OCC(O)CNCCNC(=O)CS)c(C)c(C)c1O. The first-order valence-corrected chi connectivity index (χ1v) is 9.73. The molecule has 166 valence electrons. The first-order valence-electron chi connectivity index (χ1n) is 9.10. The van der Waals surface area contributed by atoms with E-state index >= 15 is 0 Å². The summed E-state index contributed by atoms with van der Waals surface area (Å²) in [6.45, 7) is 8.78. The molecule has 1 atom stereocenters. The van der Waals surface area contributed by atoms with Crippen molar-refractivity contribution in [2.24, 2.45) is 0 Å². The summed E-state index contributed by atoms with van der Waals surface area (Å²) in [5.74, 6) is 0.993. The van der Waals surface area contributed by atoms with E-state index in [1.54, 1.807) is 13.0 Å². The van der Waals surface area contributed by atoms with Crippen LogP contribution in [0, 0.1) is 30.9 Å². The molecule has 0 aliphatic heterocycles. The molecule has 11 heteroatoms. The van der Waals surface area contributed by atoms with Crippen molar-refractivity contribution in [1.29, 1.82) is 0 Å². The Morgan fingerprint density at radius 1 is 1.31 bits per heavy atom. The minimum Gasteiger partial charge on any atom is -0.507 e. The number of aliphatic hydroxyl groups excluding tert-OH is 1. The fourth-order valence-corrected chi connectivity index (χ4v) is 2.26. The molecule has 1 rings (SSSR count). The van der Waals surface area contributed by atoms with Crippen molar-refractivity contribution in [2.45, 2.75) is 33.8 Å². The van der Waals surface area contributed by atoms with Crippen molar-refractivity contribution in [1.82, 2.24) is 10.6 Å². The molecule has 0 bridgehead atoms. The Bertz CT molecular complexity index is 659. The zero-order valence-electron chi connectivity index (χ0n) is 17.2. The average molecular weight is 434 g/mol. The average Bonchev–Trinajstić information content (AvgIpc) is 2.67. The zero-order chi connectivity index (χ0) is 22.4. The highest BCUT2D eigenvalue weighted by atomic mass is 32.1. The lowest BCUT2D eigenvalue weighted by atomic mass is 10.0. The van der Waals surface area contributed by atoms with E-state index < -0.39 is 11.2 Å². The maximum Gasteiger partial charge on any atom is 0.294 e. The molecule has 0 aliphatic rings. The lowest BCUT2D eigenvalue weighted by Crippen LogP contribution is -2.37. The van der Waals surface area contributed by atoms with Gasteiger partial charge in [-0.1, -0.05) is 0 Å². The third-order valence-electron chi connectivity index (χ3n) is 3.82. The smallest absolute Gasteiger partial charge is 0.294 e. The van der Waals surface area contributed by atoms with Crippen molar-refractivity contribution in [3.63, 3.8) is 0 Å². The van der Waals surface area contributed by atoms with E-state index in [0.29, 0.717) is 25.4 Å². The zero-order valence-corrected chi connectivity index (χ0v) is 18.1. The van der Waals surface area contributed by atoms with E-state index in [0.717, 1.165) is 16.7 Å². The quantitative estimate of drug-likeness (QED) is 0.150. The number of hydrogen-bond donors (Lipinski definition) is 5. The fraction of sp³-hybridized carbons (Fsp3) is 0.611. The van der Waals surface area contributed by atoms with E-state index in [2.05, 4.69) is 28.1 Å². The summed E-state index contributed by atoms with van der Waals surface area (Å²) in [6, 6.07) is 1.77. The molecular weight excluding hydrogens is 402 g/mol. The van der Waals surface area contributed by atoms with Crippen LogP contribution in [0.2, 0.25) is 0 Å². The molecule has 1 unspecified atom stereocenters. The van der Waals surface area contributed by atoms with Crippen LogP contribution in [0.3, 0.4) is 0 Å². The van der Waals surface area contributed by atoms with Crippen LogP contribution in [0.5, 0.6) is 11.5 Å². The third kappa shape index (κ3) is 11.4. The van der Waals surface area contributed by atoms with Crippen molar-refractivity contribution in [3.8, 4) is 11.5 Å². The first-order chi connectivity index (χ1) is 13.6. The summed E-state index contributed by atoms with van der Waals surface area (Å²) in [5.41, 5.74) is 2.39. The minimum absolute atomic E-state index is 0.118. The number of phenolic OH excluding ortho intramolecular Hbond substituents is 1. The molecule has 1 aromatic rings. The number of ether oxygens (including phenoxy) is 1. The first kappa shape index (κ1) is 26.8. The molecule has 0 radical (unpaired) electrons. The van der Waals surface area contributed by atoms with E-state index in [1.165, 1.54) is 0 Å². The number of carbonyl (C=O) groups is 1. The third-order valence-corrected chi connectivity index (χ3v) is 4.11. The summed E-state index contributed by atoms with van der Waals surface area (Å²) in [4.78, 5) is 23.9. The van der Waals surface area contributed by atoms with Gasteiger partial charge in [0.2, 0.25) is 5.91 Å². The van der Waals surface area contributed by atoms with Crippen molar-refractivity contribution >= 4 is 18.5 Å². The molecule has 0 saturated carbocycles. The van der Waals surface area contributed by atoms with E-state index in [1.807, 2.05) is 20.8 Å². The molecule has 1 amide bonds.